The van der Waals surface area contributed by atoms with Crippen molar-refractivity contribution in [1.82, 2.24) is 0 Å². The van der Waals surface area contributed by atoms with Gasteiger partial charge in [0.2, 0.25) is 12.6 Å². The molecule has 22 nitrogen and oxygen atoms in total. The zero-order valence-corrected chi connectivity index (χ0v) is 80.4. The topological polar surface area (TPSA) is 316 Å². The van der Waals surface area contributed by atoms with Crippen LogP contribution in [0.3, 0.4) is 0 Å². The fourth-order valence-corrected chi connectivity index (χ4v) is 16.3. The highest BCUT2D eigenvalue weighted by Crippen LogP contribution is 2.63. The van der Waals surface area contributed by atoms with Crippen LogP contribution in [0.4, 0.5) is 0 Å². The van der Waals surface area contributed by atoms with E-state index in [9.17, 15) is 49.0 Å². The Morgan fingerprint density at radius 1 is 0.528 bits per heavy atom. The minimum Gasteiger partial charge on any atom is -0.508 e. The number of fused-ring (bicyclic) bond motifs is 1. The lowest BCUT2D eigenvalue weighted by Crippen LogP contribution is -2.67. The molecule has 0 aromatic heterocycles. The number of rotatable bonds is 32. The lowest BCUT2D eigenvalue weighted by atomic mass is 9.50. The number of benzene rings is 5. The standard InChI is InChI=1S/C24H32O4.C16H26O4.C15H19NO4.C15H28O3.C13H18O2.C12H16O3.C10H14O/c1-5-19(4)21-11-13-22(14-12-21)26-17-23(25)28-24(27-16-18(2)3)15-20-9-7-6-8-10-20;1-4-13(2,3)12(17)20-16-7-11-5-14(18,9-16)8-15(19,6-11)10-16;1-4-14(2,3)12(17)19-10-8-5-9-11(10)20-13(18)15(9,6-8)7-16;1-5-13(17-12-10-8-7-9-11-12)18-14(16)15(3,4)6-2;1-4-13(2,3)12(14)15-10-11-8-6-5-7-9-11;1-4-12(2,3)11(14)15-10-7-5-9(13)6-8-10;1-3-8(2)9-4-6-10(11)7-5-9/h6-14,18-19,24H,5,15-17H2,1-4H3;11,18-19H,4-10H2,1-3H3;8-11H,4-6H2,1-3H3;12-13H,5-11H2,1-4H3;5-9H,4,10H2,1-3H3;5-8,13H,4H2,1-3H3;4-8,11H,3H2,1-2H3. The van der Waals surface area contributed by atoms with Gasteiger partial charge in [-0.25, -0.2) is 4.79 Å². The van der Waals surface area contributed by atoms with Crippen LogP contribution in [-0.2, 0) is 84.5 Å². The molecular formula is C105H153NO21. The summed E-state index contributed by atoms with van der Waals surface area (Å²) >= 11 is 0. The van der Waals surface area contributed by atoms with Crippen LogP contribution in [0.2, 0.25) is 0 Å². The molecule has 8 aliphatic rings. The van der Waals surface area contributed by atoms with Gasteiger partial charge in [0.1, 0.15) is 47.4 Å². The van der Waals surface area contributed by atoms with Crippen LogP contribution in [0.5, 0.6) is 23.0 Å². The van der Waals surface area contributed by atoms with Crippen molar-refractivity contribution in [2.45, 2.75) is 360 Å². The Hall–Kier alpha value is -8.88. The minimum absolute atomic E-state index is 0.0766. The first-order chi connectivity index (χ1) is 59.7. The normalized spacial score (nSPS) is 23.3. The number of carbonyl (C=O) groups is 7. The van der Waals surface area contributed by atoms with Crippen molar-refractivity contribution >= 4 is 41.8 Å². The van der Waals surface area contributed by atoms with Gasteiger partial charge < -0.3 is 67.8 Å². The molecule has 13 rings (SSSR count). The van der Waals surface area contributed by atoms with E-state index in [1.165, 1.54) is 42.5 Å². The van der Waals surface area contributed by atoms with E-state index in [-0.39, 0.29) is 83.9 Å². The Bertz CT molecular complexity index is 4260. The fourth-order valence-electron chi connectivity index (χ4n) is 16.3. The van der Waals surface area contributed by atoms with Crippen molar-refractivity contribution < 1.29 is 101 Å². The van der Waals surface area contributed by atoms with Crippen LogP contribution in [-0.4, -0.2) is 123 Å². The van der Waals surface area contributed by atoms with E-state index in [0.717, 1.165) is 94.6 Å². The van der Waals surface area contributed by atoms with Crippen molar-refractivity contribution in [3.05, 3.63) is 156 Å². The molecule has 0 radical (unpaired) electrons. The van der Waals surface area contributed by atoms with Gasteiger partial charge in [0.05, 0.1) is 57.1 Å². The molecule has 1 aliphatic heterocycles. The van der Waals surface area contributed by atoms with Gasteiger partial charge in [-0.15, -0.1) is 0 Å². The quantitative estimate of drug-likeness (QED) is 0.0134. The molecule has 6 bridgehead atoms. The monoisotopic (exact) mass is 1760 g/mol. The number of hydrogen-bond donors (Lipinski definition) is 4. The number of carbonyl (C=O) groups excluding carboxylic acids is 7. The van der Waals surface area contributed by atoms with Gasteiger partial charge >= 0.3 is 41.8 Å². The van der Waals surface area contributed by atoms with E-state index in [1.807, 2.05) is 208 Å². The molecule has 7 aliphatic carbocycles. The number of nitrogens with zero attached hydrogens (tertiary/aromatic N) is 1. The number of phenols is 2. The van der Waals surface area contributed by atoms with Gasteiger partial charge in [0, 0.05) is 43.9 Å². The predicted molar refractivity (Wildman–Crippen MR) is 491 cm³/mol. The maximum atomic E-state index is 12.4. The number of phenolic OH excluding ortho intramolecular Hbond substituents is 2. The highest BCUT2D eigenvalue weighted by molar-refractivity contribution is 5.85. The molecule has 11 atom stereocenters. The minimum atomic E-state index is -0.974. The molecule has 127 heavy (non-hydrogen) atoms. The zero-order valence-electron chi connectivity index (χ0n) is 80.4. The van der Waals surface area contributed by atoms with Gasteiger partial charge in [-0.05, 0) is 254 Å². The molecule has 8 fully saturated rings. The zero-order chi connectivity index (χ0) is 94.5. The Balaban J connectivity index is 0.000000232. The Morgan fingerprint density at radius 2 is 1.00 bits per heavy atom. The van der Waals surface area contributed by atoms with E-state index in [2.05, 4.69) is 47.6 Å². The molecule has 5 aromatic carbocycles. The molecule has 7 saturated carbocycles. The van der Waals surface area contributed by atoms with Crippen molar-refractivity contribution in [1.29, 1.82) is 5.26 Å². The van der Waals surface area contributed by atoms with Crippen molar-refractivity contribution in [2.75, 3.05) is 13.2 Å². The second-order valence-corrected chi connectivity index (χ2v) is 39.8. The first-order valence-corrected chi connectivity index (χ1v) is 46.6. The van der Waals surface area contributed by atoms with Crippen LogP contribution in [0.1, 0.15) is 321 Å². The highest BCUT2D eigenvalue weighted by atomic mass is 16.7. The summed E-state index contributed by atoms with van der Waals surface area (Å²) < 4.78 is 55.6. The lowest BCUT2D eigenvalue weighted by molar-refractivity contribution is -0.264. The summed E-state index contributed by atoms with van der Waals surface area (Å²) in [7, 11) is 0. The van der Waals surface area contributed by atoms with Crippen molar-refractivity contribution in [3.63, 3.8) is 0 Å². The lowest BCUT2D eigenvalue weighted by Gasteiger charge is -2.62. The van der Waals surface area contributed by atoms with Gasteiger partial charge in [0.15, 0.2) is 12.0 Å². The molecule has 1 heterocycles. The molecule has 0 spiro atoms. The molecule has 0 amide bonds. The molecule has 22 heteroatoms. The van der Waals surface area contributed by atoms with Gasteiger partial charge in [-0.3, -0.25) is 28.8 Å². The van der Waals surface area contributed by atoms with Crippen LogP contribution in [0.25, 0.3) is 0 Å². The Morgan fingerprint density at radius 3 is 1.49 bits per heavy atom. The summed E-state index contributed by atoms with van der Waals surface area (Å²) in [5.41, 5.74) is -0.960. The summed E-state index contributed by atoms with van der Waals surface area (Å²) in [4.78, 5) is 84.1. The third-order valence-electron chi connectivity index (χ3n) is 26.8. The molecule has 5 aromatic rings. The number of hydrogen-bond acceptors (Lipinski definition) is 22. The maximum Gasteiger partial charge on any atom is 0.346 e. The van der Waals surface area contributed by atoms with Crippen molar-refractivity contribution in [3.8, 4) is 29.1 Å². The SMILES string of the molecule is CCC(C)(C)C(=O)OC12CC3CC(O)(CC(O)(C3)C1)C2.CCC(C)(C)C(=O)OC1C2CC3C1OC(=O)C3(C#N)C2.CCC(C)(C)C(=O)OCc1ccccc1.CCC(C)(C)C(=O)Oc1ccc(O)cc1.CCC(C)c1ccc(O)cc1.CCC(C)c1ccc(OCC(=O)OC(Cc2ccccc2)OCC(C)C)cc1.CCC(OC(=O)C(C)(C)CC)OC1CCCCC1. The number of aromatic hydroxyl groups is 2. The number of nitriles is 1. The third-order valence-corrected chi connectivity index (χ3v) is 26.8. The number of esters is 7. The van der Waals surface area contributed by atoms with Gasteiger partial charge in [-0.1, -0.05) is 187 Å². The Labute approximate surface area is 758 Å². The van der Waals surface area contributed by atoms with Crippen LogP contribution < -0.4 is 9.47 Å². The molecule has 704 valence electrons. The summed E-state index contributed by atoms with van der Waals surface area (Å²) in [5.74, 6) is 1.49. The van der Waals surface area contributed by atoms with Crippen LogP contribution >= 0.6 is 0 Å². The number of aliphatic hydroxyl groups is 2. The van der Waals surface area contributed by atoms with E-state index in [4.69, 9.17) is 57.6 Å². The van der Waals surface area contributed by atoms with E-state index in [0.29, 0.717) is 86.7 Å². The van der Waals surface area contributed by atoms with Crippen LogP contribution in [0.15, 0.2) is 133 Å². The fraction of sp³-hybridized carbons (Fsp3) is 0.638. The van der Waals surface area contributed by atoms with Gasteiger partial charge in [-0.2, -0.15) is 5.26 Å². The van der Waals surface area contributed by atoms with E-state index < -0.39 is 68.2 Å². The average molecular weight is 1770 g/mol. The Kier molecular flexibility index (Phi) is 40.5. The third kappa shape index (κ3) is 31.7. The molecule has 4 N–H and O–H groups in total. The second-order valence-electron chi connectivity index (χ2n) is 39.8. The molecule has 11 unspecified atom stereocenters. The molecular weight excluding hydrogens is 1610 g/mol. The highest BCUT2D eigenvalue weighted by Gasteiger charge is 2.72. The first kappa shape index (κ1) is 107. The van der Waals surface area contributed by atoms with E-state index in [1.54, 1.807) is 24.3 Å². The summed E-state index contributed by atoms with van der Waals surface area (Å²) in [6.07, 6.45) is 16.6. The maximum absolute atomic E-state index is 12.4. The largest absolute Gasteiger partial charge is 0.508 e. The van der Waals surface area contributed by atoms with Crippen molar-refractivity contribution in [2.24, 2.45) is 56.2 Å². The smallest absolute Gasteiger partial charge is 0.346 e. The second kappa shape index (κ2) is 48.1. The summed E-state index contributed by atoms with van der Waals surface area (Å²) in [6.45, 7) is 44.2. The van der Waals surface area contributed by atoms with Crippen LogP contribution in [0, 0.1) is 67.5 Å². The molecule has 1 saturated heterocycles. The van der Waals surface area contributed by atoms with Gasteiger partial charge in [0.25, 0.3) is 0 Å². The predicted octanol–water partition coefficient (Wildman–Crippen LogP) is 22.2. The first-order valence-electron chi connectivity index (χ1n) is 46.6. The summed E-state index contributed by atoms with van der Waals surface area (Å²) in [6, 6.07) is 43.2. The number of ether oxygens (including phenoxy) is 10. The van der Waals surface area contributed by atoms with E-state index >= 15 is 0 Å². The summed E-state index contributed by atoms with van der Waals surface area (Å²) in [5, 5.41) is 48.7. The average Bonchev–Trinajstić information content (AvgIpc) is 1.26.